The summed E-state index contributed by atoms with van der Waals surface area (Å²) in [5.74, 6) is -62.0. The minimum Gasteiger partial charge on any atom is -0.331 e. The molecule has 0 bridgehead atoms. The van der Waals surface area contributed by atoms with Crippen molar-refractivity contribution in [2.45, 2.75) is 66.0 Å². The van der Waals surface area contributed by atoms with Crippen molar-refractivity contribution in [2.24, 2.45) is 0 Å². The fraction of sp³-hybridized carbons (Fsp3) is 1.00. The molecule has 1 N–H and O–H groups in total. The van der Waals surface area contributed by atoms with Gasteiger partial charge < -0.3 is 5.11 Å². The number of ether oxygens (including phenoxy) is 1. The van der Waals surface area contributed by atoms with Crippen molar-refractivity contribution in [1.29, 1.82) is 0 Å². The van der Waals surface area contributed by atoms with Crippen molar-refractivity contribution in [3.05, 3.63) is 0 Å². The molecule has 0 aromatic carbocycles. The van der Waals surface area contributed by atoms with Crippen LogP contribution >= 0.6 is 0 Å². The van der Waals surface area contributed by atoms with Gasteiger partial charge in [0.1, 0.15) is 0 Å². The molecule has 0 aliphatic rings. The average molecular weight is 602 g/mol. The molecule has 218 valence electrons. The van der Waals surface area contributed by atoms with E-state index in [-0.39, 0.29) is 0 Å². The maximum absolute atomic E-state index is 13.3. The first-order valence-electron chi connectivity index (χ1n) is 7.23. The molecule has 0 aliphatic carbocycles. The molecular weight excluding hydrogens is 601 g/mol. The molecule has 0 radical (unpaired) electrons. The smallest absolute Gasteiger partial charge is 0.331 e. The van der Waals surface area contributed by atoms with Crippen molar-refractivity contribution in [3.63, 3.8) is 0 Å². The second-order valence-electron chi connectivity index (χ2n) is 6.20. The Balaban J connectivity index is 6.86. The van der Waals surface area contributed by atoms with Gasteiger partial charge in [-0.3, -0.25) is 0 Å². The summed E-state index contributed by atoms with van der Waals surface area (Å²) in [7, 11) is 0. The molecule has 2 nitrogen and oxygen atoms in total. The SMILES string of the molecule is OC(F)(F)C(F)(F)C(F)(F)OC(F)(F)C(F)(F)C(F)(F)C(F)(F)C(F)(F)C(F)(F)C(F)(F)C(F)(F)F. The fourth-order valence-corrected chi connectivity index (χ4v) is 1.61. The zero-order valence-electron chi connectivity index (χ0n) is 15.0. The molecular formula is C11HF23O2. The van der Waals surface area contributed by atoms with Crippen LogP contribution in [0.5, 0.6) is 0 Å². The minimum absolute atomic E-state index is 0.902. The van der Waals surface area contributed by atoms with Crippen LogP contribution in [0.15, 0.2) is 0 Å². The van der Waals surface area contributed by atoms with E-state index >= 15 is 0 Å². The summed E-state index contributed by atoms with van der Waals surface area (Å²) in [6.07, 6.45) is -32.0. The largest absolute Gasteiger partial charge is 0.460 e. The van der Waals surface area contributed by atoms with Gasteiger partial charge >= 0.3 is 66.0 Å². The highest BCUT2D eigenvalue weighted by atomic mass is 19.4. The summed E-state index contributed by atoms with van der Waals surface area (Å²) in [6.45, 7) is 0. The first-order chi connectivity index (χ1) is 15.0. The topological polar surface area (TPSA) is 29.5 Å². The maximum atomic E-state index is 13.3. The second-order valence-corrected chi connectivity index (χ2v) is 6.20. The molecule has 36 heavy (non-hydrogen) atoms. The molecule has 0 aliphatic heterocycles. The molecule has 0 amide bonds. The van der Waals surface area contributed by atoms with Gasteiger partial charge in [-0.25, -0.2) is 4.74 Å². The van der Waals surface area contributed by atoms with Crippen molar-refractivity contribution >= 4 is 0 Å². The van der Waals surface area contributed by atoms with Crippen molar-refractivity contribution in [1.82, 2.24) is 0 Å². The minimum atomic E-state index is -9.26. The van der Waals surface area contributed by atoms with E-state index in [1.807, 2.05) is 0 Å². The second kappa shape index (κ2) is 8.15. The van der Waals surface area contributed by atoms with Crippen LogP contribution in [0.25, 0.3) is 0 Å². The monoisotopic (exact) mass is 602 g/mol. The highest BCUT2D eigenvalue weighted by Gasteiger charge is 2.96. The van der Waals surface area contributed by atoms with E-state index in [1.54, 1.807) is 0 Å². The zero-order chi connectivity index (χ0) is 30.2. The van der Waals surface area contributed by atoms with Crippen LogP contribution in [-0.4, -0.2) is 71.1 Å². The number of halogens is 23. The molecule has 0 atom stereocenters. The number of rotatable bonds is 10. The van der Waals surface area contributed by atoms with Crippen LogP contribution in [0.3, 0.4) is 0 Å². The van der Waals surface area contributed by atoms with E-state index in [4.69, 9.17) is 5.11 Å². The van der Waals surface area contributed by atoms with Gasteiger partial charge in [0.25, 0.3) is 0 Å². The number of hydrogen-bond donors (Lipinski definition) is 1. The Kier molecular flexibility index (Phi) is 7.77. The molecule has 0 heterocycles. The third-order valence-corrected chi connectivity index (χ3v) is 3.69. The summed E-state index contributed by atoms with van der Waals surface area (Å²) < 4.78 is 294. The van der Waals surface area contributed by atoms with E-state index in [1.165, 1.54) is 0 Å². The Hall–Kier alpha value is -1.69. The summed E-state index contributed by atoms with van der Waals surface area (Å²) in [4.78, 5) is 0. The van der Waals surface area contributed by atoms with E-state index in [2.05, 4.69) is 0 Å². The molecule has 0 spiro atoms. The summed E-state index contributed by atoms with van der Waals surface area (Å²) in [5, 5.41) is 7.42. The molecule has 0 aromatic rings. The number of alkyl halides is 23. The standard InChI is InChI=1S/C11HF23O2/c12-1(13,3(16,17)5(20,21)8(26,27)28)2(14,15)4(18,19)6(22,23)10(31,32)36-11(33,34)7(24,25)9(29,30)35/h35H. The number of aliphatic hydroxyl groups is 1. The van der Waals surface area contributed by atoms with Crippen molar-refractivity contribution < 1.29 is 111 Å². The average Bonchev–Trinajstić information content (AvgIpc) is 2.57. The molecule has 25 heteroatoms. The van der Waals surface area contributed by atoms with Gasteiger partial charge in [-0.2, -0.15) is 101 Å². The Morgan fingerprint density at radius 3 is 0.778 bits per heavy atom. The van der Waals surface area contributed by atoms with Gasteiger partial charge in [-0.1, -0.05) is 0 Å². The molecule has 0 unspecified atom stereocenters. The Morgan fingerprint density at radius 1 is 0.306 bits per heavy atom. The lowest BCUT2D eigenvalue weighted by Gasteiger charge is -2.43. The van der Waals surface area contributed by atoms with Crippen molar-refractivity contribution in [2.75, 3.05) is 0 Å². The normalized spacial score (nSPS) is 17.0. The van der Waals surface area contributed by atoms with Gasteiger partial charge in [-0.05, 0) is 0 Å². The van der Waals surface area contributed by atoms with Crippen LogP contribution in [0, 0.1) is 0 Å². The molecule has 0 saturated heterocycles. The highest BCUT2D eigenvalue weighted by Crippen LogP contribution is 2.64. The van der Waals surface area contributed by atoms with Gasteiger partial charge in [0.2, 0.25) is 0 Å². The fourth-order valence-electron chi connectivity index (χ4n) is 1.61. The summed E-state index contributed by atoms with van der Waals surface area (Å²) in [6, 6.07) is 0. The lowest BCUT2D eigenvalue weighted by atomic mass is 9.90. The van der Waals surface area contributed by atoms with E-state index in [0.29, 0.717) is 0 Å². The van der Waals surface area contributed by atoms with E-state index in [9.17, 15) is 101 Å². The first kappa shape index (κ1) is 34.3. The van der Waals surface area contributed by atoms with Gasteiger partial charge in [0, 0.05) is 0 Å². The van der Waals surface area contributed by atoms with Crippen LogP contribution in [-0.2, 0) is 4.74 Å². The third-order valence-electron chi connectivity index (χ3n) is 3.69. The van der Waals surface area contributed by atoms with Crippen molar-refractivity contribution in [3.8, 4) is 0 Å². The maximum Gasteiger partial charge on any atom is 0.460 e. The molecule has 0 saturated carbocycles. The quantitative estimate of drug-likeness (QED) is 0.280. The molecule has 0 rings (SSSR count). The molecule has 0 fully saturated rings. The lowest BCUT2D eigenvalue weighted by molar-refractivity contribution is -0.528. The molecule has 0 aromatic heterocycles. The Bertz CT molecular complexity index is 800. The lowest BCUT2D eigenvalue weighted by Crippen LogP contribution is -2.75. The summed E-state index contributed by atoms with van der Waals surface area (Å²) in [5.41, 5.74) is 0. The van der Waals surface area contributed by atoms with Gasteiger partial charge in [0.15, 0.2) is 0 Å². The summed E-state index contributed by atoms with van der Waals surface area (Å²) >= 11 is 0. The Labute approximate surface area is 178 Å². The third kappa shape index (κ3) is 4.35. The predicted molar refractivity (Wildman–Crippen MR) is 58.8 cm³/mol. The van der Waals surface area contributed by atoms with Gasteiger partial charge in [0.05, 0.1) is 0 Å². The van der Waals surface area contributed by atoms with Gasteiger partial charge in [-0.15, -0.1) is 0 Å². The van der Waals surface area contributed by atoms with Crippen LogP contribution < -0.4 is 0 Å². The van der Waals surface area contributed by atoms with E-state index in [0.717, 1.165) is 4.74 Å². The van der Waals surface area contributed by atoms with Crippen LogP contribution in [0.2, 0.25) is 0 Å². The van der Waals surface area contributed by atoms with E-state index < -0.39 is 66.0 Å². The predicted octanol–water partition coefficient (Wildman–Crippen LogP) is 6.78. The number of hydrogen-bond acceptors (Lipinski definition) is 2. The van der Waals surface area contributed by atoms with Crippen LogP contribution in [0.4, 0.5) is 101 Å². The van der Waals surface area contributed by atoms with Crippen LogP contribution in [0.1, 0.15) is 0 Å². The zero-order valence-corrected chi connectivity index (χ0v) is 15.0. The Morgan fingerprint density at radius 2 is 0.528 bits per heavy atom. The first-order valence-corrected chi connectivity index (χ1v) is 7.23. The highest BCUT2D eigenvalue weighted by molar-refractivity contribution is 5.14.